The quantitative estimate of drug-likeness (QED) is 0.820. The van der Waals surface area contributed by atoms with Crippen molar-refractivity contribution in [2.24, 2.45) is 5.73 Å². The maximum atomic E-state index is 11.2. The van der Waals surface area contributed by atoms with Gasteiger partial charge >= 0.3 is 6.09 Å². The number of benzene rings is 1. The van der Waals surface area contributed by atoms with E-state index >= 15 is 0 Å². The van der Waals surface area contributed by atoms with Crippen molar-refractivity contribution in [3.8, 4) is 12.3 Å². The molecule has 1 aromatic rings. The van der Waals surface area contributed by atoms with Crippen LogP contribution in [0.3, 0.4) is 0 Å². The Hall–Kier alpha value is -1.99. The van der Waals surface area contributed by atoms with E-state index in [-0.39, 0.29) is 6.54 Å². The van der Waals surface area contributed by atoms with Crippen molar-refractivity contribution in [2.75, 3.05) is 13.7 Å². The molecule has 1 aliphatic carbocycles. The number of amides is 1. The second kappa shape index (κ2) is 5.98. The number of nitrogens with one attached hydrogen (secondary N) is 1. The number of aryl methyl sites for hydroxylation is 2. The number of carbonyl (C=O) groups is 1. The van der Waals surface area contributed by atoms with Gasteiger partial charge in [-0.3, -0.25) is 0 Å². The second-order valence-corrected chi connectivity index (χ2v) is 5.22. The SMILES string of the molecule is C#CCC(N)(CNC(=O)OC)c1ccc2c(c1)CCC2. The third kappa shape index (κ3) is 2.94. The van der Waals surface area contributed by atoms with Crippen molar-refractivity contribution in [2.45, 2.75) is 31.2 Å². The van der Waals surface area contributed by atoms with E-state index in [4.69, 9.17) is 12.2 Å². The van der Waals surface area contributed by atoms with Gasteiger partial charge in [-0.2, -0.15) is 0 Å². The fraction of sp³-hybridized carbons (Fsp3) is 0.438. The van der Waals surface area contributed by atoms with Crippen LogP contribution in [0.1, 0.15) is 29.5 Å². The molecule has 3 N–H and O–H groups in total. The van der Waals surface area contributed by atoms with Crippen molar-refractivity contribution < 1.29 is 9.53 Å². The summed E-state index contributed by atoms with van der Waals surface area (Å²) in [5.41, 5.74) is 9.34. The highest BCUT2D eigenvalue weighted by molar-refractivity contribution is 5.67. The zero-order valence-electron chi connectivity index (χ0n) is 11.7. The molecule has 0 aromatic heterocycles. The summed E-state index contributed by atoms with van der Waals surface area (Å²) < 4.78 is 4.58. The Kier molecular flexibility index (Phi) is 4.31. The highest BCUT2D eigenvalue weighted by Crippen LogP contribution is 2.28. The number of alkyl carbamates (subject to hydrolysis) is 1. The molecule has 0 radical (unpaired) electrons. The van der Waals surface area contributed by atoms with E-state index in [9.17, 15) is 4.79 Å². The molecule has 0 heterocycles. The molecular weight excluding hydrogens is 252 g/mol. The minimum atomic E-state index is -0.763. The molecule has 0 spiro atoms. The maximum absolute atomic E-state index is 11.2. The van der Waals surface area contributed by atoms with Crippen LogP contribution in [0.2, 0.25) is 0 Å². The molecule has 1 unspecified atom stereocenters. The molecule has 1 aromatic carbocycles. The van der Waals surface area contributed by atoms with Crippen LogP contribution in [0.15, 0.2) is 18.2 Å². The molecule has 0 aliphatic heterocycles. The zero-order chi connectivity index (χ0) is 14.6. The van der Waals surface area contributed by atoms with E-state index in [0.717, 1.165) is 18.4 Å². The van der Waals surface area contributed by atoms with Gasteiger partial charge in [0.05, 0.1) is 12.6 Å². The van der Waals surface area contributed by atoms with E-state index < -0.39 is 11.6 Å². The van der Waals surface area contributed by atoms with E-state index in [1.807, 2.05) is 6.07 Å². The lowest BCUT2D eigenvalue weighted by Crippen LogP contribution is -2.47. The Morgan fingerprint density at radius 2 is 2.25 bits per heavy atom. The van der Waals surface area contributed by atoms with Gasteiger partial charge in [0.2, 0.25) is 0 Å². The first-order valence-electron chi connectivity index (χ1n) is 6.75. The third-order valence-electron chi connectivity index (χ3n) is 3.82. The predicted molar refractivity (Wildman–Crippen MR) is 78.2 cm³/mol. The first-order chi connectivity index (χ1) is 9.59. The van der Waals surface area contributed by atoms with Gasteiger partial charge in [-0.15, -0.1) is 12.3 Å². The minimum absolute atomic E-state index is 0.253. The van der Waals surface area contributed by atoms with Crippen LogP contribution in [-0.2, 0) is 23.1 Å². The van der Waals surface area contributed by atoms with Crippen molar-refractivity contribution in [1.29, 1.82) is 0 Å². The topological polar surface area (TPSA) is 64.3 Å². The van der Waals surface area contributed by atoms with Crippen molar-refractivity contribution in [3.05, 3.63) is 34.9 Å². The standard InChI is InChI=1S/C16H20N2O2/c1-3-9-16(17,11-18-15(19)20-2)14-8-7-12-5-4-6-13(12)10-14/h1,7-8,10H,4-6,9,11,17H2,2H3,(H,18,19). The Labute approximate surface area is 119 Å². The monoisotopic (exact) mass is 272 g/mol. The van der Waals surface area contributed by atoms with Crippen molar-refractivity contribution in [1.82, 2.24) is 5.32 Å². The first-order valence-corrected chi connectivity index (χ1v) is 6.75. The van der Waals surface area contributed by atoms with Crippen LogP contribution in [0, 0.1) is 12.3 Å². The molecule has 2 rings (SSSR count). The van der Waals surface area contributed by atoms with Crippen LogP contribution in [0.25, 0.3) is 0 Å². The number of methoxy groups -OCH3 is 1. The molecule has 1 amide bonds. The second-order valence-electron chi connectivity index (χ2n) is 5.22. The van der Waals surface area contributed by atoms with Gasteiger partial charge in [-0.25, -0.2) is 4.79 Å². The Morgan fingerprint density at radius 1 is 1.50 bits per heavy atom. The smallest absolute Gasteiger partial charge is 0.406 e. The molecule has 0 saturated heterocycles. The Balaban J connectivity index is 2.23. The van der Waals surface area contributed by atoms with Crippen LogP contribution in [-0.4, -0.2) is 19.7 Å². The summed E-state index contributed by atoms with van der Waals surface area (Å²) >= 11 is 0. The fourth-order valence-electron chi connectivity index (χ4n) is 2.63. The first kappa shape index (κ1) is 14.4. The average molecular weight is 272 g/mol. The summed E-state index contributed by atoms with van der Waals surface area (Å²) in [7, 11) is 1.32. The molecular formula is C16H20N2O2. The van der Waals surface area contributed by atoms with Crippen LogP contribution < -0.4 is 11.1 Å². The Morgan fingerprint density at radius 3 is 2.95 bits per heavy atom. The molecule has 1 atom stereocenters. The summed E-state index contributed by atoms with van der Waals surface area (Å²) in [5.74, 6) is 2.60. The van der Waals surface area contributed by atoms with Gasteiger partial charge in [0.25, 0.3) is 0 Å². The predicted octanol–water partition coefficient (Wildman–Crippen LogP) is 1.71. The lowest BCUT2D eigenvalue weighted by atomic mass is 9.86. The van der Waals surface area contributed by atoms with Crippen molar-refractivity contribution >= 4 is 6.09 Å². The lowest BCUT2D eigenvalue weighted by molar-refractivity contribution is 0.168. The number of nitrogens with two attached hydrogens (primary N) is 1. The normalized spacial score (nSPS) is 15.8. The number of carbonyl (C=O) groups excluding carboxylic acids is 1. The van der Waals surface area contributed by atoms with E-state index in [1.165, 1.54) is 24.7 Å². The van der Waals surface area contributed by atoms with Crippen molar-refractivity contribution in [3.63, 3.8) is 0 Å². The summed E-state index contributed by atoms with van der Waals surface area (Å²) in [6.45, 7) is 0.253. The van der Waals surface area contributed by atoms with Gasteiger partial charge < -0.3 is 15.8 Å². The minimum Gasteiger partial charge on any atom is -0.453 e. The number of terminal acetylenes is 1. The third-order valence-corrected chi connectivity index (χ3v) is 3.82. The molecule has 1 aliphatic rings. The molecule has 0 fully saturated rings. The van der Waals surface area contributed by atoms with E-state index in [2.05, 4.69) is 28.1 Å². The number of hydrogen-bond donors (Lipinski definition) is 2. The number of rotatable bonds is 4. The van der Waals surface area contributed by atoms with Gasteiger partial charge in [-0.1, -0.05) is 18.2 Å². The maximum Gasteiger partial charge on any atom is 0.406 e. The van der Waals surface area contributed by atoms with Crippen LogP contribution in [0.4, 0.5) is 4.79 Å². The largest absolute Gasteiger partial charge is 0.453 e. The number of hydrogen-bond acceptors (Lipinski definition) is 3. The lowest BCUT2D eigenvalue weighted by Gasteiger charge is -2.28. The van der Waals surface area contributed by atoms with Gasteiger partial charge in [0.1, 0.15) is 0 Å². The summed E-state index contributed by atoms with van der Waals surface area (Å²) in [6, 6.07) is 6.26. The summed E-state index contributed by atoms with van der Waals surface area (Å²) in [6.07, 6.45) is 8.68. The molecule has 4 heteroatoms. The number of ether oxygens (including phenoxy) is 1. The molecule has 4 nitrogen and oxygen atoms in total. The van der Waals surface area contributed by atoms with E-state index in [0.29, 0.717) is 6.42 Å². The summed E-state index contributed by atoms with van der Waals surface area (Å²) in [4.78, 5) is 11.2. The van der Waals surface area contributed by atoms with Crippen LogP contribution >= 0.6 is 0 Å². The highest BCUT2D eigenvalue weighted by Gasteiger charge is 2.28. The zero-order valence-corrected chi connectivity index (χ0v) is 11.7. The average Bonchev–Trinajstić information content (AvgIpc) is 2.92. The summed E-state index contributed by atoms with van der Waals surface area (Å²) in [5, 5.41) is 2.64. The molecule has 20 heavy (non-hydrogen) atoms. The Bertz CT molecular complexity index is 548. The number of fused-ring (bicyclic) bond motifs is 1. The fourth-order valence-corrected chi connectivity index (χ4v) is 2.63. The molecule has 0 bridgehead atoms. The van der Waals surface area contributed by atoms with E-state index in [1.54, 1.807) is 0 Å². The highest BCUT2D eigenvalue weighted by atomic mass is 16.5. The van der Waals surface area contributed by atoms with Gasteiger partial charge in [0, 0.05) is 13.0 Å². The van der Waals surface area contributed by atoms with Gasteiger partial charge in [0.15, 0.2) is 0 Å². The van der Waals surface area contributed by atoms with Crippen LogP contribution in [0.5, 0.6) is 0 Å². The molecule has 0 saturated carbocycles. The molecule has 106 valence electrons. The van der Waals surface area contributed by atoms with Gasteiger partial charge in [-0.05, 0) is 36.0 Å².